The largest absolute Gasteiger partial charge is 0.311 e. The molecule has 25 heavy (non-hydrogen) atoms. The van der Waals surface area contributed by atoms with E-state index >= 15 is 0 Å². The Kier molecular flexibility index (Phi) is 4.79. The number of para-hydroxylation sites is 1. The zero-order chi connectivity index (χ0) is 18.0. The van der Waals surface area contributed by atoms with Gasteiger partial charge in [-0.25, -0.2) is 9.97 Å². The Hall–Kier alpha value is -2.76. The first kappa shape index (κ1) is 17.1. The van der Waals surface area contributed by atoms with Crippen LogP contribution in [-0.4, -0.2) is 28.3 Å². The summed E-state index contributed by atoms with van der Waals surface area (Å²) < 4.78 is 0. The minimum absolute atomic E-state index is 0.0256. The van der Waals surface area contributed by atoms with Gasteiger partial charge in [-0.2, -0.15) is 0 Å². The highest BCUT2D eigenvalue weighted by Gasteiger charge is 2.36. The van der Waals surface area contributed by atoms with Crippen molar-refractivity contribution >= 4 is 23.5 Å². The summed E-state index contributed by atoms with van der Waals surface area (Å²) in [5.74, 6) is -0.346. The number of hydrogen-bond acceptors (Lipinski definition) is 4. The lowest BCUT2D eigenvalue weighted by molar-refractivity contribution is -0.122. The molecule has 1 atom stereocenters. The summed E-state index contributed by atoms with van der Waals surface area (Å²) in [4.78, 5) is 35.1. The van der Waals surface area contributed by atoms with Crippen molar-refractivity contribution in [3.05, 3.63) is 47.3 Å². The summed E-state index contributed by atoms with van der Waals surface area (Å²) in [6, 6.07) is 9.67. The molecule has 1 aliphatic rings. The average molecular weight is 338 g/mol. The molecular weight excluding hydrogens is 316 g/mol. The number of benzene rings is 1. The maximum Gasteiger partial charge on any atom is 0.232 e. The normalized spacial score (nSPS) is 17.0. The molecule has 0 saturated carbocycles. The predicted octanol–water partition coefficient (Wildman–Crippen LogP) is 2.65. The van der Waals surface area contributed by atoms with Gasteiger partial charge in [0.2, 0.25) is 17.8 Å². The van der Waals surface area contributed by atoms with Gasteiger partial charge in [-0.1, -0.05) is 25.1 Å². The van der Waals surface area contributed by atoms with Gasteiger partial charge >= 0.3 is 0 Å². The molecule has 1 aliphatic heterocycles. The van der Waals surface area contributed by atoms with Crippen LogP contribution in [0, 0.1) is 19.8 Å². The second-order valence-corrected chi connectivity index (χ2v) is 6.35. The first-order valence-corrected chi connectivity index (χ1v) is 8.49. The maximum absolute atomic E-state index is 12.5. The third-order valence-electron chi connectivity index (χ3n) is 4.38. The zero-order valence-corrected chi connectivity index (χ0v) is 14.7. The van der Waals surface area contributed by atoms with Crippen molar-refractivity contribution < 1.29 is 9.59 Å². The standard InChI is InChI=1S/C19H22N4O2/c1-4-14-7-5-6-8-16(14)23-11-15(10-17(23)24)18(25)22-19-20-12(2)9-13(3)21-19/h5-9,15H,4,10-11H2,1-3H3,(H,20,21,22,25)/t15-/m0/s1. The van der Waals surface area contributed by atoms with Gasteiger partial charge < -0.3 is 4.90 Å². The van der Waals surface area contributed by atoms with Gasteiger partial charge in [0.1, 0.15) is 0 Å². The molecule has 3 rings (SSSR count). The number of nitrogens with zero attached hydrogens (tertiary/aromatic N) is 3. The fraction of sp³-hybridized carbons (Fsp3) is 0.368. The number of hydrogen-bond donors (Lipinski definition) is 1. The van der Waals surface area contributed by atoms with Crippen molar-refractivity contribution in [3.8, 4) is 0 Å². The van der Waals surface area contributed by atoms with E-state index in [0.717, 1.165) is 29.1 Å². The Balaban J connectivity index is 1.74. The minimum atomic E-state index is -0.401. The van der Waals surface area contributed by atoms with Crippen LogP contribution < -0.4 is 10.2 Å². The molecular formula is C19H22N4O2. The second kappa shape index (κ2) is 7.01. The van der Waals surface area contributed by atoms with E-state index in [1.165, 1.54) is 0 Å². The monoisotopic (exact) mass is 338 g/mol. The first-order valence-electron chi connectivity index (χ1n) is 8.49. The van der Waals surface area contributed by atoms with E-state index in [2.05, 4.69) is 22.2 Å². The Morgan fingerprint density at radius 2 is 1.92 bits per heavy atom. The lowest BCUT2D eigenvalue weighted by Crippen LogP contribution is -2.29. The Labute approximate surface area is 147 Å². The molecule has 6 heteroatoms. The molecule has 0 spiro atoms. The smallest absolute Gasteiger partial charge is 0.232 e. The van der Waals surface area contributed by atoms with Crippen LogP contribution >= 0.6 is 0 Å². The third-order valence-corrected chi connectivity index (χ3v) is 4.38. The number of carbonyl (C=O) groups is 2. The fourth-order valence-corrected chi connectivity index (χ4v) is 3.18. The molecule has 0 radical (unpaired) electrons. The Bertz CT molecular complexity index is 799. The molecule has 2 amide bonds. The molecule has 1 aromatic carbocycles. The van der Waals surface area contributed by atoms with E-state index in [1.54, 1.807) is 4.90 Å². The molecule has 1 aromatic heterocycles. The van der Waals surface area contributed by atoms with Crippen molar-refractivity contribution in [2.24, 2.45) is 5.92 Å². The van der Waals surface area contributed by atoms with E-state index in [9.17, 15) is 9.59 Å². The van der Waals surface area contributed by atoms with Crippen molar-refractivity contribution in [1.82, 2.24) is 9.97 Å². The van der Waals surface area contributed by atoms with Gasteiger partial charge in [0, 0.05) is 30.0 Å². The van der Waals surface area contributed by atoms with E-state index < -0.39 is 5.92 Å². The maximum atomic E-state index is 12.5. The highest BCUT2D eigenvalue weighted by atomic mass is 16.2. The SMILES string of the molecule is CCc1ccccc1N1C[C@@H](C(=O)Nc2nc(C)cc(C)n2)CC1=O. The zero-order valence-electron chi connectivity index (χ0n) is 14.7. The molecule has 2 heterocycles. The van der Waals surface area contributed by atoms with Gasteiger partial charge in [0.15, 0.2) is 0 Å². The number of aromatic nitrogens is 2. The topological polar surface area (TPSA) is 75.2 Å². The molecule has 6 nitrogen and oxygen atoms in total. The van der Waals surface area contributed by atoms with Gasteiger partial charge in [0.25, 0.3) is 0 Å². The average Bonchev–Trinajstić information content (AvgIpc) is 2.95. The highest BCUT2D eigenvalue weighted by molar-refractivity contribution is 6.03. The van der Waals surface area contributed by atoms with Crippen molar-refractivity contribution in [3.63, 3.8) is 0 Å². The third kappa shape index (κ3) is 3.68. The number of rotatable bonds is 4. The predicted molar refractivity (Wildman–Crippen MR) is 96.4 cm³/mol. The summed E-state index contributed by atoms with van der Waals surface area (Å²) in [7, 11) is 0. The van der Waals surface area contributed by atoms with E-state index in [1.807, 2.05) is 44.2 Å². The number of aryl methyl sites for hydroxylation is 3. The Morgan fingerprint density at radius 1 is 1.24 bits per heavy atom. The molecule has 0 unspecified atom stereocenters. The van der Waals surface area contributed by atoms with Crippen molar-refractivity contribution in [2.75, 3.05) is 16.8 Å². The summed E-state index contributed by atoms with van der Waals surface area (Å²) >= 11 is 0. The van der Waals surface area contributed by atoms with Gasteiger partial charge in [-0.05, 0) is 38.0 Å². The van der Waals surface area contributed by atoms with Crippen molar-refractivity contribution in [2.45, 2.75) is 33.6 Å². The second-order valence-electron chi connectivity index (χ2n) is 6.35. The number of amides is 2. The quantitative estimate of drug-likeness (QED) is 0.930. The molecule has 1 fully saturated rings. The van der Waals surface area contributed by atoms with Crippen LogP contribution in [0.2, 0.25) is 0 Å². The van der Waals surface area contributed by atoms with Gasteiger partial charge in [-0.15, -0.1) is 0 Å². The molecule has 0 aliphatic carbocycles. The Morgan fingerprint density at radius 3 is 2.60 bits per heavy atom. The molecule has 2 aromatic rings. The number of nitrogens with one attached hydrogen (secondary N) is 1. The summed E-state index contributed by atoms with van der Waals surface area (Å²) in [5, 5.41) is 2.75. The summed E-state index contributed by atoms with van der Waals surface area (Å²) in [6.07, 6.45) is 1.04. The van der Waals surface area contributed by atoms with Crippen LogP contribution in [0.25, 0.3) is 0 Å². The first-order chi connectivity index (χ1) is 12.0. The number of carbonyl (C=O) groups excluding carboxylic acids is 2. The van der Waals surface area contributed by atoms with E-state index in [-0.39, 0.29) is 18.2 Å². The van der Waals surface area contributed by atoms with Crippen LogP contribution in [0.4, 0.5) is 11.6 Å². The lowest BCUT2D eigenvalue weighted by Gasteiger charge is -2.19. The summed E-state index contributed by atoms with van der Waals surface area (Å²) in [6.45, 7) is 6.15. The van der Waals surface area contributed by atoms with Crippen molar-refractivity contribution in [1.29, 1.82) is 0 Å². The lowest BCUT2D eigenvalue weighted by atomic mass is 10.1. The molecule has 1 N–H and O–H groups in total. The van der Waals surface area contributed by atoms with Crippen LogP contribution in [0.1, 0.15) is 30.3 Å². The van der Waals surface area contributed by atoms with Gasteiger partial charge in [0.05, 0.1) is 5.92 Å². The van der Waals surface area contributed by atoms with Crippen LogP contribution in [0.3, 0.4) is 0 Å². The minimum Gasteiger partial charge on any atom is -0.311 e. The van der Waals surface area contributed by atoms with E-state index in [0.29, 0.717) is 12.5 Å². The van der Waals surface area contributed by atoms with Gasteiger partial charge in [-0.3, -0.25) is 14.9 Å². The van der Waals surface area contributed by atoms with E-state index in [4.69, 9.17) is 0 Å². The highest BCUT2D eigenvalue weighted by Crippen LogP contribution is 2.29. The molecule has 130 valence electrons. The van der Waals surface area contributed by atoms with Crippen LogP contribution in [-0.2, 0) is 16.0 Å². The fourth-order valence-electron chi connectivity index (χ4n) is 3.18. The number of anilines is 2. The van der Waals surface area contributed by atoms with Crippen LogP contribution in [0.15, 0.2) is 30.3 Å². The molecule has 1 saturated heterocycles. The summed E-state index contributed by atoms with van der Waals surface area (Å²) in [5.41, 5.74) is 3.59. The molecule has 0 bridgehead atoms. The van der Waals surface area contributed by atoms with Crippen LogP contribution in [0.5, 0.6) is 0 Å².